The van der Waals surface area contributed by atoms with Crippen molar-refractivity contribution < 1.29 is 46.2 Å². The van der Waals surface area contributed by atoms with Crippen LogP contribution in [0.25, 0.3) is 33.0 Å². The summed E-state index contributed by atoms with van der Waals surface area (Å²) in [5, 5.41) is 6.53. The minimum Gasteiger partial charge on any atom is -0.497 e. The van der Waals surface area contributed by atoms with Gasteiger partial charge in [0, 0.05) is 29.2 Å². The van der Waals surface area contributed by atoms with Gasteiger partial charge in [-0.1, -0.05) is 37.1 Å². The maximum absolute atomic E-state index is 14.8. The second kappa shape index (κ2) is 15.7. The molecule has 3 N–H and O–H groups in total. The Labute approximate surface area is 341 Å². The molecule has 5 aliphatic rings. The second-order valence-electron chi connectivity index (χ2n) is 16.6. The zero-order valence-corrected chi connectivity index (χ0v) is 33.8. The van der Waals surface area contributed by atoms with E-state index in [1.54, 1.807) is 19.2 Å². The zero-order chi connectivity index (χ0) is 40.9. The molecule has 312 valence electrons. The number of sulfonamides is 1. The summed E-state index contributed by atoms with van der Waals surface area (Å²) >= 11 is 0. The van der Waals surface area contributed by atoms with Crippen molar-refractivity contribution in [2.24, 2.45) is 5.92 Å². The quantitative estimate of drug-likeness (QED) is 0.189. The van der Waals surface area contributed by atoms with E-state index in [9.17, 15) is 27.6 Å². The summed E-state index contributed by atoms with van der Waals surface area (Å²) in [4.78, 5) is 62.9. The molecule has 16 heteroatoms. The summed E-state index contributed by atoms with van der Waals surface area (Å²) in [6.07, 6.45) is 10.0. The van der Waals surface area contributed by atoms with Crippen LogP contribution in [-0.4, -0.2) is 90.9 Å². The van der Waals surface area contributed by atoms with Crippen LogP contribution in [0, 0.1) is 5.92 Å². The lowest BCUT2D eigenvalue weighted by Crippen LogP contribution is -2.58. The number of hydrogen-bond donors (Lipinski definition) is 3. The van der Waals surface area contributed by atoms with Crippen LogP contribution in [0.15, 0.2) is 59.0 Å². The van der Waals surface area contributed by atoms with Crippen molar-refractivity contribution in [2.75, 3.05) is 13.7 Å². The normalized spacial score (nSPS) is 27.3. The highest BCUT2D eigenvalue weighted by Gasteiger charge is 2.62. The Morgan fingerprint density at radius 3 is 2.56 bits per heavy atom. The summed E-state index contributed by atoms with van der Waals surface area (Å²) in [5.74, 6) is -1.36. The first-order valence-electron chi connectivity index (χ1n) is 20.8. The van der Waals surface area contributed by atoms with E-state index in [-0.39, 0.29) is 25.5 Å². The number of aromatic nitrogens is 1. The lowest BCUT2D eigenvalue weighted by molar-refractivity contribution is -0.141. The minimum atomic E-state index is -3.91. The Morgan fingerprint density at radius 2 is 1.76 bits per heavy atom. The van der Waals surface area contributed by atoms with Gasteiger partial charge in [-0.05, 0) is 88.5 Å². The Morgan fingerprint density at radius 1 is 0.966 bits per heavy atom. The molecule has 9 rings (SSSR count). The van der Waals surface area contributed by atoms with Crippen LogP contribution in [0.3, 0.4) is 0 Å². The average molecular weight is 828 g/mol. The number of nitrogens with one attached hydrogen (secondary N) is 3. The Bertz CT molecular complexity index is 2460. The molecule has 4 aromatic rings. The van der Waals surface area contributed by atoms with Gasteiger partial charge in [-0.15, -0.1) is 0 Å². The number of benzene rings is 2. The fourth-order valence-electron chi connectivity index (χ4n) is 8.93. The van der Waals surface area contributed by atoms with Crippen molar-refractivity contribution in [1.82, 2.24) is 25.2 Å². The van der Waals surface area contributed by atoms with E-state index in [2.05, 4.69) is 15.4 Å². The Kier molecular flexibility index (Phi) is 10.4. The fourth-order valence-corrected chi connectivity index (χ4v) is 10.3. The second-order valence-corrected chi connectivity index (χ2v) is 18.6. The van der Waals surface area contributed by atoms with Gasteiger partial charge in [-0.25, -0.2) is 18.2 Å². The molecule has 0 unspecified atom stereocenters. The molecule has 4 fully saturated rings. The number of nitrogens with zero attached hydrogens (tertiary/aromatic N) is 2. The summed E-state index contributed by atoms with van der Waals surface area (Å²) in [6.45, 7) is -0.0347. The van der Waals surface area contributed by atoms with Crippen LogP contribution in [0.1, 0.15) is 83.5 Å². The van der Waals surface area contributed by atoms with E-state index in [0.29, 0.717) is 71.2 Å². The number of allylic oxidation sites excluding steroid dienone is 1. The van der Waals surface area contributed by atoms with Gasteiger partial charge in [0.2, 0.25) is 21.8 Å². The van der Waals surface area contributed by atoms with Crippen LogP contribution < -0.4 is 24.8 Å². The van der Waals surface area contributed by atoms with Gasteiger partial charge in [0.25, 0.3) is 5.91 Å². The largest absolute Gasteiger partial charge is 0.497 e. The number of carbonyl (C=O) groups is 4. The van der Waals surface area contributed by atoms with Crippen LogP contribution in [0.4, 0.5) is 4.79 Å². The molecular weight excluding hydrogens is 779 g/mol. The third kappa shape index (κ3) is 7.78. The standard InChI is InChI=1S/C43H49N5O10S/c1-55-27-17-20-30-33(21-27)44-36-31-14-9-10-16-35(31)58-38(36)37(30)56-28-22-34-39(49)46-43(41(51)47-59(53,54)29-18-19-29)23-25(43)11-5-3-2-4-6-15-32(40(50)48(34)24-28)45-42(52)57-26-12-7-8-13-26/h5,9-11,14,16-17,20-21,25-26,28-29,32,34H,2-4,6-8,12-13,15,18-19,22-24H2,1H3,(H,45,52)(H,46,49)(H,47,51)/b11-5-/t25-,28-,32+,34+,43-/m1/s1. The van der Waals surface area contributed by atoms with Gasteiger partial charge >= 0.3 is 6.09 Å². The number of amides is 4. The molecule has 2 aromatic carbocycles. The molecule has 0 spiro atoms. The third-order valence-corrected chi connectivity index (χ3v) is 14.3. The number of carbonyl (C=O) groups excluding carboxylic acids is 4. The average Bonchev–Trinajstić information content (AvgIpc) is 4.04. The number of hydrogen-bond acceptors (Lipinski definition) is 11. The van der Waals surface area contributed by atoms with E-state index in [0.717, 1.165) is 43.9 Å². The molecule has 4 heterocycles. The number of rotatable bonds is 8. The van der Waals surface area contributed by atoms with Crippen LogP contribution in [-0.2, 0) is 29.1 Å². The Hall–Kier alpha value is -5.38. The van der Waals surface area contributed by atoms with Crippen LogP contribution in [0.2, 0.25) is 0 Å². The highest BCUT2D eigenvalue weighted by molar-refractivity contribution is 7.91. The maximum atomic E-state index is 14.8. The molecule has 15 nitrogen and oxygen atoms in total. The summed E-state index contributed by atoms with van der Waals surface area (Å²) in [7, 11) is -2.34. The van der Waals surface area contributed by atoms with Gasteiger partial charge in [-0.3, -0.25) is 19.1 Å². The van der Waals surface area contributed by atoms with Gasteiger partial charge in [0.1, 0.15) is 46.7 Å². The molecule has 3 aliphatic carbocycles. The number of ether oxygens (including phenoxy) is 3. The minimum absolute atomic E-state index is 0.0249. The van der Waals surface area contributed by atoms with Gasteiger partial charge in [-0.2, -0.15) is 0 Å². The topological polar surface area (TPSA) is 195 Å². The number of para-hydroxylation sites is 1. The monoisotopic (exact) mass is 827 g/mol. The molecule has 2 aliphatic heterocycles. The van der Waals surface area contributed by atoms with Crippen LogP contribution >= 0.6 is 0 Å². The summed E-state index contributed by atoms with van der Waals surface area (Å²) in [6, 6.07) is 10.8. The number of alkyl carbamates (subject to hydrolysis) is 1. The summed E-state index contributed by atoms with van der Waals surface area (Å²) < 4.78 is 52.5. The zero-order valence-electron chi connectivity index (χ0n) is 32.9. The first-order valence-corrected chi connectivity index (χ1v) is 22.4. The predicted octanol–water partition coefficient (Wildman–Crippen LogP) is 5.53. The number of methoxy groups -OCH3 is 1. The molecule has 0 radical (unpaired) electrons. The molecule has 4 amide bonds. The van der Waals surface area contributed by atoms with E-state index in [1.807, 2.05) is 42.5 Å². The van der Waals surface area contributed by atoms with Gasteiger partial charge in [0.15, 0.2) is 11.3 Å². The first kappa shape index (κ1) is 39.1. The van der Waals surface area contributed by atoms with Gasteiger partial charge in [0.05, 0.1) is 24.4 Å². The molecule has 59 heavy (non-hydrogen) atoms. The number of fused-ring (bicyclic) bond motifs is 6. The van der Waals surface area contributed by atoms with Crippen LogP contribution in [0.5, 0.6) is 11.5 Å². The fraction of sp³-hybridized carbons (Fsp3) is 0.512. The molecule has 2 aromatic heterocycles. The van der Waals surface area contributed by atoms with E-state index < -0.39 is 68.7 Å². The molecule has 0 bridgehead atoms. The van der Waals surface area contributed by atoms with Crippen molar-refractivity contribution >= 4 is 66.8 Å². The number of pyridine rings is 1. The smallest absolute Gasteiger partial charge is 0.408 e. The third-order valence-electron chi connectivity index (χ3n) is 12.5. The van der Waals surface area contributed by atoms with Gasteiger partial charge < -0.3 is 34.2 Å². The first-order chi connectivity index (χ1) is 28.5. The van der Waals surface area contributed by atoms with Crippen molar-refractivity contribution in [1.29, 1.82) is 0 Å². The van der Waals surface area contributed by atoms with Crippen molar-refractivity contribution in [3.63, 3.8) is 0 Å². The van der Waals surface area contributed by atoms with E-state index >= 15 is 0 Å². The lowest BCUT2D eigenvalue weighted by Gasteiger charge is -2.30. The number of furan rings is 1. The maximum Gasteiger partial charge on any atom is 0.408 e. The molecule has 5 atom stereocenters. The Balaban J connectivity index is 1.07. The van der Waals surface area contributed by atoms with Crippen molar-refractivity contribution in [3.05, 3.63) is 54.6 Å². The van der Waals surface area contributed by atoms with Crippen molar-refractivity contribution in [3.8, 4) is 11.5 Å². The highest BCUT2D eigenvalue weighted by atomic mass is 32.2. The lowest BCUT2D eigenvalue weighted by atomic mass is 10.0. The van der Waals surface area contributed by atoms with Crippen molar-refractivity contribution in [2.45, 2.75) is 119 Å². The SMILES string of the molecule is COc1ccc2c(O[C@@H]3C[C@H]4C(=O)N[C@]5(C(=O)NS(=O)(=O)C6CC6)C[C@H]5/C=C\CCCCC[C@H](NC(=O)OC5CCCC5)C(=O)N4C3)c3oc4ccccc4c3nc2c1. The highest BCUT2D eigenvalue weighted by Crippen LogP contribution is 2.46. The van der Waals surface area contributed by atoms with E-state index in [4.69, 9.17) is 23.6 Å². The predicted molar refractivity (Wildman–Crippen MR) is 217 cm³/mol. The molecular formula is C43H49N5O10S. The summed E-state index contributed by atoms with van der Waals surface area (Å²) in [5.41, 5.74) is 0.650. The molecule has 1 saturated heterocycles. The van der Waals surface area contributed by atoms with E-state index in [1.165, 1.54) is 4.90 Å². The molecule has 3 saturated carbocycles.